The van der Waals surface area contributed by atoms with Crippen LogP contribution in [-0.2, 0) is 4.74 Å². The van der Waals surface area contributed by atoms with Gasteiger partial charge in [0, 0.05) is 12.8 Å². The number of ether oxygens (including phenoxy) is 3. The van der Waals surface area contributed by atoms with Crippen molar-refractivity contribution in [2.24, 2.45) is 0 Å². The Morgan fingerprint density at radius 2 is 0.689 bits per heavy atom. The van der Waals surface area contributed by atoms with Crippen molar-refractivity contribution >= 4 is 0 Å². The molecule has 0 bridgehead atoms. The fourth-order valence-corrected chi connectivity index (χ4v) is 8.42. The predicted molar refractivity (Wildman–Crippen MR) is 262 cm³/mol. The van der Waals surface area contributed by atoms with Gasteiger partial charge < -0.3 is 24.4 Å². The highest BCUT2D eigenvalue weighted by atomic mass is 16.5. The molecule has 5 heteroatoms. The van der Waals surface area contributed by atoms with Gasteiger partial charge in [-0.3, -0.25) is 0 Å². The van der Waals surface area contributed by atoms with Crippen molar-refractivity contribution in [2.75, 3.05) is 0 Å². The predicted octanol–water partition coefficient (Wildman–Crippen LogP) is 16.3. The molecule has 348 valence electrons. The van der Waals surface area contributed by atoms with Gasteiger partial charge in [0.05, 0.1) is 24.4 Å². The molecule has 2 rings (SSSR count). The number of unbranched alkanes of at least 4 members (excludes halogenated alkanes) is 24. The summed E-state index contributed by atoms with van der Waals surface area (Å²) in [5, 5.41) is 23.6. The van der Waals surface area contributed by atoms with Gasteiger partial charge in [0.2, 0.25) is 0 Å². The van der Waals surface area contributed by atoms with Gasteiger partial charge in [-0.05, 0) is 63.8 Å². The molecule has 0 aliphatic rings. The maximum Gasteiger partial charge on any atom is 0.125 e. The molecule has 0 aliphatic heterocycles. The first-order valence-corrected chi connectivity index (χ1v) is 25.5. The van der Waals surface area contributed by atoms with E-state index in [1.54, 1.807) is 0 Å². The summed E-state index contributed by atoms with van der Waals surface area (Å²) in [6.45, 7) is 17.0. The van der Waals surface area contributed by atoms with Gasteiger partial charge in [-0.15, -0.1) is 0 Å². The van der Waals surface area contributed by atoms with Crippen LogP contribution in [0, 0.1) is 0 Å². The lowest BCUT2D eigenvalue weighted by atomic mass is 9.95. The number of para-hydroxylation sites is 2. The van der Waals surface area contributed by atoms with Crippen LogP contribution in [0.2, 0.25) is 0 Å². The molecule has 2 aromatic rings. The van der Waals surface area contributed by atoms with Crippen molar-refractivity contribution in [3.63, 3.8) is 0 Å². The van der Waals surface area contributed by atoms with Gasteiger partial charge in [0.15, 0.2) is 0 Å². The molecular formula is C56H94O5. The van der Waals surface area contributed by atoms with Crippen LogP contribution in [0.3, 0.4) is 0 Å². The lowest BCUT2D eigenvalue weighted by molar-refractivity contribution is -0.0576. The first kappa shape index (κ1) is 54.5. The molecule has 2 aromatic carbocycles. The summed E-state index contributed by atoms with van der Waals surface area (Å²) in [5.41, 5.74) is 1.67. The van der Waals surface area contributed by atoms with E-state index in [2.05, 4.69) is 27.0 Å². The lowest BCUT2D eigenvalue weighted by Gasteiger charge is -2.32. The van der Waals surface area contributed by atoms with Crippen molar-refractivity contribution in [1.29, 1.82) is 0 Å². The Hall–Kier alpha value is -2.60. The second-order valence-corrected chi connectivity index (χ2v) is 18.4. The number of rotatable bonds is 42. The number of aliphatic hydroxyl groups excluding tert-OH is 2. The second kappa shape index (κ2) is 36.8. The van der Waals surface area contributed by atoms with E-state index in [9.17, 15) is 10.2 Å². The molecule has 0 spiro atoms. The number of hydrogen-bond acceptors (Lipinski definition) is 5. The molecular weight excluding hydrogens is 753 g/mol. The molecule has 0 amide bonds. The Balaban J connectivity index is 1.92. The van der Waals surface area contributed by atoms with Crippen LogP contribution in [0.4, 0.5) is 0 Å². The largest absolute Gasteiger partial charge is 0.488 e. The maximum atomic E-state index is 11.8. The van der Waals surface area contributed by atoms with Crippen LogP contribution in [-0.4, -0.2) is 46.8 Å². The van der Waals surface area contributed by atoms with E-state index >= 15 is 0 Å². The summed E-state index contributed by atoms with van der Waals surface area (Å²) >= 11 is 0. The van der Waals surface area contributed by atoms with E-state index in [1.807, 2.05) is 74.5 Å². The monoisotopic (exact) mass is 847 g/mol. The molecule has 0 fully saturated rings. The lowest BCUT2D eigenvalue weighted by Crippen LogP contribution is -2.39. The van der Waals surface area contributed by atoms with E-state index in [0.29, 0.717) is 12.8 Å². The fourth-order valence-electron chi connectivity index (χ4n) is 8.42. The van der Waals surface area contributed by atoms with Crippen molar-refractivity contribution in [3.05, 3.63) is 85.0 Å². The zero-order valence-corrected chi connectivity index (χ0v) is 40.0. The zero-order valence-electron chi connectivity index (χ0n) is 40.0. The summed E-state index contributed by atoms with van der Waals surface area (Å²) in [5.74, 6) is 1.54. The molecule has 0 aliphatic carbocycles. The highest BCUT2D eigenvalue weighted by molar-refractivity contribution is 5.22. The van der Waals surface area contributed by atoms with Gasteiger partial charge in [-0.25, -0.2) is 0 Å². The van der Waals surface area contributed by atoms with Crippen LogP contribution < -0.4 is 9.47 Å². The fraction of sp³-hybridized carbons (Fsp3) is 0.714. The van der Waals surface area contributed by atoms with Crippen molar-refractivity contribution < 1.29 is 24.4 Å². The Kier molecular flexibility index (Phi) is 32.9. The quantitative estimate of drug-likeness (QED) is 0.0515. The number of benzene rings is 2. The molecule has 0 radical (unpaired) electrons. The summed E-state index contributed by atoms with van der Waals surface area (Å²) in [4.78, 5) is 0. The molecule has 6 unspecified atom stereocenters. The van der Waals surface area contributed by atoms with Crippen molar-refractivity contribution in [2.45, 2.75) is 257 Å². The Morgan fingerprint density at radius 1 is 0.426 bits per heavy atom. The summed E-state index contributed by atoms with van der Waals surface area (Å²) < 4.78 is 19.6. The van der Waals surface area contributed by atoms with E-state index in [-0.39, 0.29) is 12.2 Å². The molecule has 6 atom stereocenters. The van der Waals surface area contributed by atoms with Gasteiger partial charge in [-0.2, -0.15) is 0 Å². The molecule has 61 heavy (non-hydrogen) atoms. The minimum atomic E-state index is -0.750. The standard InChI is InChI=1S/C56H94O5/c1-7-9-11-13-15-17-19-21-23-25-27-29-37-43-53(59-49-39-33-31-34-40-49)51(57)45-55(47(3)4)61-56(48(5)6)46-52(58)54(60-50-41-35-32-36-42-50)44-38-30-28-26-24-22-20-18-16-14-12-10-8-2/h31-36,39-42,51-58H,3,5,7-30,37-38,43-46H2,1-2,4,6H3. The Bertz CT molecular complexity index is 1200. The van der Waals surface area contributed by atoms with Gasteiger partial charge >= 0.3 is 0 Å². The van der Waals surface area contributed by atoms with E-state index in [0.717, 1.165) is 61.2 Å². The summed E-state index contributed by atoms with van der Waals surface area (Å²) in [6.07, 6.45) is 33.0. The highest BCUT2D eigenvalue weighted by Crippen LogP contribution is 2.27. The maximum absolute atomic E-state index is 11.8. The first-order chi connectivity index (χ1) is 29.7. The summed E-state index contributed by atoms with van der Waals surface area (Å²) in [6, 6.07) is 19.7. The minimum Gasteiger partial charge on any atom is -0.488 e. The van der Waals surface area contributed by atoms with Crippen LogP contribution in [0.15, 0.2) is 85.0 Å². The first-order valence-electron chi connectivity index (χ1n) is 25.5. The Labute approximate surface area is 376 Å². The van der Waals surface area contributed by atoms with Crippen LogP contribution in [0.1, 0.15) is 220 Å². The van der Waals surface area contributed by atoms with Gasteiger partial charge in [0.25, 0.3) is 0 Å². The molecule has 0 saturated carbocycles. The Morgan fingerprint density at radius 3 is 0.951 bits per heavy atom. The number of aliphatic hydroxyl groups is 2. The second-order valence-electron chi connectivity index (χ2n) is 18.4. The van der Waals surface area contributed by atoms with Crippen LogP contribution >= 0.6 is 0 Å². The van der Waals surface area contributed by atoms with Crippen LogP contribution in [0.25, 0.3) is 0 Å². The average molecular weight is 847 g/mol. The molecule has 0 aromatic heterocycles. The molecule has 2 N–H and O–H groups in total. The zero-order chi connectivity index (χ0) is 44.2. The third-order valence-corrected chi connectivity index (χ3v) is 12.4. The topological polar surface area (TPSA) is 68.2 Å². The number of hydrogen-bond donors (Lipinski definition) is 2. The summed E-state index contributed by atoms with van der Waals surface area (Å²) in [7, 11) is 0. The van der Waals surface area contributed by atoms with Crippen molar-refractivity contribution in [3.8, 4) is 11.5 Å². The smallest absolute Gasteiger partial charge is 0.125 e. The molecule has 0 heterocycles. The van der Waals surface area contributed by atoms with Crippen LogP contribution in [0.5, 0.6) is 11.5 Å². The average Bonchev–Trinajstić information content (AvgIpc) is 3.25. The van der Waals surface area contributed by atoms with E-state index in [4.69, 9.17) is 14.2 Å². The third-order valence-electron chi connectivity index (χ3n) is 12.4. The third kappa shape index (κ3) is 27.9. The molecule has 5 nitrogen and oxygen atoms in total. The van der Waals surface area contributed by atoms with Gasteiger partial charge in [0.1, 0.15) is 23.7 Å². The van der Waals surface area contributed by atoms with E-state index in [1.165, 1.54) is 141 Å². The highest BCUT2D eigenvalue weighted by Gasteiger charge is 2.30. The SMILES string of the molecule is C=C(C)C(CC(O)C(CCCCCCCCCCCCCCC)Oc1ccccc1)OC(CC(O)C(CCCCCCCCCCCCCCC)Oc1ccccc1)C(=C)C. The molecule has 0 saturated heterocycles. The van der Waals surface area contributed by atoms with Gasteiger partial charge in [-0.1, -0.05) is 229 Å². The van der Waals surface area contributed by atoms with E-state index < -0.39 is 24.4 Å². The van der Waals surface area contributed by atoms with Crippen molar-refractivity contribution in [1.82, 2.24) is 0 Å². The normalized spacial score (nSPS) is 14.5. The minimum absolute atomic E-state index is 0.355.